The average molecular weight is 317 g/mol. The Morgan fingerprint density at radius 3 is 3.18 bits per heavy atom. The number of halogens is 1. The molecule has 0 aliphatic rings. The van der Waals surface area contributed by atoms with E-state index in [9.17, 15) is 9.59 Å². The van der Waals surface area contributed by atoms with Crippen LogP contribution in [0.1, 0.15) is 0 Å². The number of thiophene rings is 1. The smallest absolute Gasteiger partial charge is 0.321 e. The fraction of sp³-hybridized carbons (Fsp3) is 0.300. The summed E-state index contributed by atoms with van der Waals surface area (Å²) >= 11 is 4.58. The molecular formula is C10H9BrN2O3S. The number of nitrogens with zero attached hydrogens (tertiary/aromatic N) is 2. The molecule has 0 amide bonds. The number of aromatic nitrogens is 2. The highest BCUT2D eigenvalue weighted by atomic mass is 79.9. The van der Waals surface area contributed by atoms with E-state index in [1.54, 1.807) is 6.07 Å². The van der Waals surface area contributed by atoms with Gasteiger partial charge in [0.25, 0.3) is 5.56 Å². The van der Waals surface area contributed by atoms with Gasteiger partial charge in [0, 0.05) is 0 Å². The number of hydrogen-bond donors (Lipinski definition) is 0. The molecule has 7 heteroatoms. The molecule has 2 rings (SSSR count). The molecule has 0 N–H and O–H groups in total. The van der Waals surface area contributed by atoms with Crippen LogP contribution in [-0.4, -0.2) is 27.5 Å². The summed E-state index contributed by atoms with van der Waals surface area (Å²) in [6.45, 7) is 0.199. The maximum atomic E-state index is 12.0. The molecule has 0 saturated heterocycles. The van der Waals surface area contributed by atoms with Gasteiger partial charge in [-0.25, -0.2) is 4.98 Å². The first-order valence-electron chi connectivity index (χ1n) is 4.78. The normalized spacial score (nSPS) is 12.6. The van der Waals surface area contributed by atoms with E-state index in [0.717, 1.165) is 0 Å². The number of rotatable bonds is 3. The van der Waals surface area contributed by atoms with E-state index in [1.807, 2.05) is 5.38 Å². The van der Waals surface area contributed by atoms with Crippen LogP contribution in [0.25, 0.3) is 10.2 Å². The summed E-state index contributed by atoms with van der Waals surface area (Å²) < 4.78 is 5.97. The van der Waals surface area contributed by atoms with Crippen LogP contribution in [0.4, 0.5) is 0 Å². The fourth-order valence-electron chi connectivity index (χ4n) is 1.40. The molecule has 0 aromatic carbocycles. The van der Waals surface area contributed by atoms with Crippen LogP contribution in [0.2, 0.25) is 0 Å². The van der Waals surface area contributed by atoms with Crippen LogP contribution >= 0.6 is 27.3 Å². The molecule has 2 aromatic heterocycles. The third-order valence-electron chi connectivity index (χ3n) is 2.26. The van der Waals surface area contributed by atoms with Crippen LogP contribution in [0.15, 0.2) is 22.6 Å². The maximum absolute atomic E-state index is 12.0. The number of carbonyl (C=O) groups excluding carboxylic acids is 1. The summed E-state index contributed by atoms with van der Waals surface area (Å²) in [5.41, 5.74) is -0.149. The van der Waals surface area contributed by atoms with Crippen molar-refractivity contribution in [2.45, 2.75) is 11.4 Å². The lowest BCUT2D eigenvalue weighted by molar-refractivity contribution is -0.140. The number of hydrogen-bond acceptors (Lipinski definition) is 5. The SMILES string of the molecule is COC(=O)C(Br)Cn1cnc2sccc2c1=O. The Kier molecular flexibility index (Phi) is 3.58. The van der Waals surface area contributed by atoms with Crippen molar-refractivity contribution < 1.29 is 9.53 Å². The van der Waals surface area contributed by atoms with Crippen LogP contribution in [-0.2, 0) is 16.1 Å². The van der Waals surface area contributed by atoms with E-state index < -0.39 is 10.8 Å². The highest BCUT2D eigenvalue weighted by molar-refractivity contribution is 9.10. The van der Waals surface area contributed by atoms with Crippen LogP contribution in [0, 0.1) is 0 Å². The second-order valence-corrected chi connectivity index (χ2v) is 5.33. The minimum atomic E-state index is -0.553. The van der Waals surface area contributed by atoms with E-state index in [4.69, 9.17) is 0 Å². The van der Waals surface area contributed by atoms with Crippen LogP contribution < -0.4 is 5.56 Å². The largest absolute Gasteiger partial charge is 0.468 e. The number of carbonyl (C=O) groups is 1. The van der Waals surface area contributed by atoms with Crippen molar-refractivity contribution in [3.8, 4) is 0 Å². The molecule has 0 fully saturated rings. The van der Waals surface area contributed by atoms with E-state index >= 15 is 0 Å². The van der Waals surface area contributed by atoms with Crippen molar-refractivity contribution >= 4 is 43.5 Å². The van der Waals surface area contributed by atoms with Gasteiger partial charge in [-0.2, -0.15) is 0 Å². The molecule has 90 valence electrons. The van der Waals surface area contributed by atoms with Crippen LogP contribution in [0.5, 0.6) is 0 Å². The highest BCUT2D eigenvalue weighted by Crippen LogP contribution is 2.14. The minimum Gasteiger partial charge on any atom is -0.468 e. The van der Waals surface area contributed by atoms with Gasteiger partial charge in [0.1, 0.15) is 9.66 Å². The number of ether oxygens (including phenoxy) is 1. The monoisotopic (exact) mass is 316 g/mol. The molecule has 1 atom stereocenters. The Hall–Kier alpha value is -1.21. The fourth-order valence-corrected chi connectivity index (χ4v) is 2.62. The maximum Gasteiger partial charge on any atom is 0.321 e. The number of fused-ring (bicyclic) bond motifs is 1. The first-order valence-corrected chi connectivity index (χ1v) is 6.57. The molecule has 2 heterocycles. The van der Waals surface area contributed by atoms with Gasteiger partial charge >= 0.3 is 5.97 Å². The van der Waals surface area contributed by atoms with Gasteiger partial charge in [-0.3, -0.25) is 14.2 Å². The van der Waals surface area contributed by atoms with Crippen molar-refractivity contribution in [1.82, 2.24) is 9.55 Å². The van der Waals surface area contributed by atoms with Gasteiger partial charge in [-0.05, 0) is 11.4 Å². The summed E-state index contributed by atoms with van der Waals surface area (Å²) in [7, 11) is 1.31. The molecule has 17 heavy (non-hydrogen) atoms. The van der Waals surface area contributed by atoms with Gasteiger partial charge in [-0.1, -0.05) is 15.9 Å². The van der Waals surface area contributed by atoms with Crippen molar-refractivity contribution in [2.75, 3.05) is 7.11 Å². The Balaban J connectivity index is 2.33. The Bertz CT molecular complexity index is 607. The number of methoxy groups -OCH3 is 1. The first-order chi connectivity index (χ1) is 8.13. The molecule has 0 radical (unpaired) electrons. The summed E-state index contributed by atoms with van der Waals surface area (Å²) in [6.07, 6.45) is 1.44. The predicted octanol–water partition coefficient (Wildman–Crippen LogP) is 1.39. The molecule has 1 unspecified atom stereocenters. The second kappa shape index (κ2) is 4.97. The van der Waals surface area contributed by atoms with Crippen LogP contribution in [0.3, 0.4) is 0 Å². The third kappa shape index (κ3) is 2.39. The van der Waals surface area contributed by atoms with Gasteiger partial charge in [0.05, 0.1) is 25.4 Å². The molecule has 0 aliphatic heterocycles. The number of esters is 1. The lowest BCUT2D eigenvalue weighted by Crippen LogP contribution is -2.28. The minimum absolute atomic E-state index is 0.149. The topological polar surface area (TPSA) is 61.2 Å². The average Bonchev–Trinajstić information content (AvgIpc) is 2.80. The zero-order valence-corrected chi connectivity index (χ0v) is 11.3. The quantitative estimate of drug-likeness (QED) is 0.634. The molecule has 5 nitrogen and oxygen atoms in total. The Morgan fingerprint density at radius 2 is 2.47 bits per heavy atom. The van der Waals surface area contributed by atoms with Gasteiger partial charge < -0.3 is 4.74 Å². The zero-order valence-electron chi connectivity index (χ0n) is 8.92. The zero-order chi connectivity index (χ0) is 12.4. The van der Waals surface area contributed by atoms with Crippen molar-refractivity contribution in [3.63, 3.8) is 0 Å². The molecule has 0 aliphatic carbocycles. The summed E-state index contributed by atoms with van der Waals surface area (Å²) in [6, 6.07) is 1.73. The van der Waals surface area contributed by atoms with Gasteiger partial charge in [-0.15, -0.1) is 11.3 Å². The lowest BCUT2D eigenvalue weighted by Gasteiger charge is -2.09. The van der Waals surface area contributed by atoms with E-state index in [0.29, 0.717) is 10.2 Å². The summed E-state index contributed by atoms with van der Waals surface area (Å²) in [4.78, 5) is 27.5. The molecular weight excluding hydrogens is 308 g/mol. The first kappa shape index (κ1) is 12.3. The predicted molar refractivity (Wildman–Crippen MR) is 68.6 cm³/mol. The molecule has 0 bridgehead atoms. The molecule has 0 spiro atoms. The lowest BCUT2D eigenvalue weighted by atomic mass is 10.4. The Labute approximate surface area is 109 Å². The summed E-state index contributed by atoms with van der Waals surface area (Å²) in [5, 5.41) is 2.39. The number of alkyl halides is 1. The third-order valence-corrected chi connectivity index (χ3v) is 3.75. The molecule has 0 saturated carbocycles. The molecule has 2 aromatic rings. The summed E-state index contributed by atoms with van der Waals surface area (Å²) in [5.74, 6) is -0.415. The second-order valence-electron chi connectivity index (χ2n) is 3.33. The van der Waals surface area contributed by atoms with Crippen molar-refractivity contribution in [2.24, 2.45) is 0 Å². The van der Waals surface area contributed by atoms with E-state index in [2.05, 4.69) is 25.7 Å². The van der Waals surface area contributed by atoms with Crippen molar-refractivity contribution in [3.05, 3.63) is 28.1 Å². The van der Waals surface area contributed by atoms with E-state index in [1.165, 1.54) is 29.3 Å². The Morgan fingerprint density at radius 1 is 1.71 bits per heavy atom. The van der Waals surface area contributed by atoms with Gasteiger partial charge in [0.15, 0.2) is 0 Å². The standard InChI is InChI=1S/C10H9BrN2O3S/c1-16-10(15)7(11)4-13-5-12-8-6(9(13)14)2-3-17-8/h2-3,5,7H,4H2,1H3. The van der Waals surface area contributed by atoms with E-state index in [-0.39, 0.29) is 12.1 Å². The van der Waals surface area contributed by atoms with Gasteiger partial charge in [0.2, 0.25) is 0 Å². The highest BCUT2D eigenvalue weighted by Gasteiger charge is 2.17. The van der Waals surface area contributed by atoms with Crippen molar-refractivity contribution in [1.29, 1.82) is 0 Å².